The molecule has 1 fully saturated rings. The molecule has 0 saturated heterocycles. The minimum atomic E-state index is -0.590. The Morgan fingerprint density at radius 1 is 1.36 bits per heavy atom. The highest BCUT2D eigenvalue weighted by atomic mass is 32.1. The number of ether oxygens (including phenoxy) is 3. The Morgan fingerprint density at radius 2 is 2.04 bits per heavy atom. The van der Waals surface area contributed by atoms with Gasteiger partial charge < -0.3 is 19.3 Å². The van der Waals surface area contributed by atoms with Crippen molar-refractivity contribution in [2.24, 2.45) is 23.7 Å². The summed E-state index contributed by atoms with van der Waals surface area (Å²) in [6, 6.07) is 0. The molecular formula is C21H30O6S. The first-order chi connectivity index (χ1) is 13.2. The normalized spacial score (nSPS) is 24.2. The second kappa shape index (κ2) is 9.54. The second-order valence-electron chi connectivity index (χ2n) is 7.73. The van der Waals surface area contributed by atoms with E-state index in [1.54, 1.807) is 13.2 Å². The zero-order valence-corrected chi connectivity index (χ0v) is 18.0. The van der Waals surface area contributed by atoms with Gasteiger partial charge in [0.15, 0.2) is 5.05 Å². The van der Waals surface area contributed by atoms with Crippen LogP contribution in [-0.4, -0.2) is 42.2 Å². The summed E-state index contributed by atoms with van der Waals surface area (Å²) in [7, 11) is 3.02. The Morgan fingerprint density at radius 3 is 2.57 bits per heavy atom. The van der Waals surface area contributed by atoms with Crippen molar-refractivity contribution in [3.63, 3.8) is 0 Å². The van der Waals surface area contributed by atoms with E-state index in [-0.39, 0.29) is 35.7 Å². The number of aliphatic hydroxyl groups excluding tert-OH is 1. The Kier molecular flexibility index (Phi) is 7.63. The van der Waals surface area contributed by atoms with Crippen LogP contribution in [0.3, 0.4) is 0 Å². The maximum absolute atomic E-state index is 12.5. The Hall–Kier alpha value is -1.89. The highest BCUT2D eigenvalue weighted by Crippen LogP contribution is 2.45. The van der Waals surface area contributed by atoms with Crippen LogP contribution in [0.25, 0.3) is 0 Å². The predicted octanol–water partition coefficient (Wildman–Crippen LogP) is 3.90. The van der Waals surface area contributed by atoms with Crippen LogP contribution in [0, 0.1) is 23.7 Å². The SMILES string of the molecule is COC(=S)CC(OC(C)=O)C(C1=C(O)C2CCCC(=O)C2C(OC)=C1)C(C)C. The maximum atomic E-state index is 12.5. The summed E-state index contributed by atoms with van der Waals surface area (Å²) in [5, 5.41) is 11.4. The van der Waals surface area contributed by atoms with Crippen molar-refractivity contribution in [2.45, 2.75) is 52.6 Å². The number of thiocarbonyl (C=S) groups is 1. The molecule has 1 N–H and O–H groups in total. The lowest BCUT2D eigenvalue weighted by Crippen LogP contribution is -2.39. The summed E-state index contributed by atoms with van der Waals surface area (Å²) in [6.45, 7) is 5.34. The molecule has 0 radical (unpaired) electrons. The molecule has 6 nitrogen and oxygen atoms in total. The number of fused-ring (bicyclic) bond motifs is 1. The van der Waals surface area contributed by atoms with E-state index in [1.165, 1.54) is 14.0 Å². The average molecular weight is 411 g/mol. The van der Waals surface area contributed by atoms with E-state index in [0.29, 0.717) is 29.2 Å². The molecule has 4 unspecified atom stereocenters. The van der Waals surface area contributed by atoms with Crippen LogP contribution in [0.1, 0.15) is 46.5 Å². The van der Waals surface area contributed by atoms with Gasteiger partial charge in [-0.25, -0.2) is 0 Å². The topological polar surface area (TPSA) is 82.1 Å². The first-order valence-electron chi connectivity index (χ1n) is 9.66. The molecule has 156 valence electrons. The summed E-state index contributed by atoms with van der Waals surface area (Å²) in [5.74, 6) is -0.610. The second-order valence-corrected chi connectivity index (χ2v) is 8.19. The number of aliphatic hydroxyl groups is 1. The molecule has 7 heteroatoms. The summed E-state index contributed by atoms with van der Waals surface area (Å²) in [5.41, 5.74) is 0.646. The molecule has 0 aromatic carbocycles. The Bertz CT molecular complexity index is 693. The molecule has 1 saturated carbocycles. The molecule has 0 spiro atoms. The van der Waals surface area contributed by atoms with E-state index < -0.39 is 18.0 Å². The van der Waals surface area contributed by atoms with Gasteiger partial charge in [0.1, 0.15) is 23.4 Å². The highest BCUT2D eigenvalue weighted by molar-refractivity contribution is 7.80. The van der Waals surface area contributed by atoms with Gasteiger partial charge in [0.05, 0.1) is 26.6 Å². The van der Waals surface area contributed by atoms with Crippen molar-refractivity contribution in [2.75, 3.05) is 14.2 Å². The molecule has 4 atom stereocenters. The van der Waals surface area contributed by atoms with Gasteiger partial charge in [-0.2, -0.15) is 0 Å². The average Bonchev–Trinajstić information content (AvgIpc) is 2.63. The quantitative estimate of drug-likeness (QED) is 0.503. The van der Waals surface area contributed by atoms with Crippen LogP contribution in [0.15, 0.2) is 23.2 Å². The van der Waals surface area contributed by atoms with Gasteiger partial charge >= 0.3 is 5.97 Å². The molecule has 0 heterocycles. The van der Waals surface area contributed by atoms with Gasteiger partial charge in [-0.1, -0.05) is 13.8 Å². The molecular weight excluding hydrogens is 380 g/mol. The van der Waals surface area contributed by atoms with Gasteiger partial charge in [-0.05, 0) is 37.1 Å². The number of carbonyl (C=O) groups is 2. The molecule has 0 bridgehead atoms. The van der Waals surface area contributed by atoms with Crippen molar-refractivity contribution in [3.05, 3.63) is 23.2 Å². The third kappa shape index (κ3) is 4.74. The minimum absolute atomic E-state index is 0.0337. The lowest BCUT2D eigenvalue weighted by Gasteiger charge is -2.39. The Balaban J connectivity index is 2.51. The molecule has 0 aromatic heterocycles. The summed E-state index contributed by atoms with van der Waals surface area (Å²) in [4.78, 5) is 24.2. The van der Waals surface area contributed by atoms with Crippen LogP contribution >= 0.6 is 12.2 Å². The summed E-state index contributed by atoms with van der Waals surface area (Å²) >= 11 is 5.20. The first kappa shape index (κ1) is 22.4. The van der Waals surface area contributed by atoms with Crippen molar-refractivity contribution in [1.82, 2.24) is 0 Å². The van der Waals surface area contributed by atoms with Crippen LogP contribution in [0.2, 0.25) is 0 Å². The summed E-state index contributed by atoms with van der Waals surface area (Å²) in [6.07, 6.45) is 3.35. The maximum Gasteiger partial charge on any atom is 0.302 e. The van der Waals surface area contributed by atoms with E-state index >= 15 is 0 Å². The number of allylic oxidation sites excluding steroid dienone is 3. The van der Waals surface area contributed by atoms with Crippen LogP contribution in [0.5, 0.6) is 0 Å². The van der Waals surface area contributed by atoms with Crippen LogP contribution in [-0.2, 0) is 23.8 Å². The Labute approximate surface area is 171 Å². The van der Waals surface area contributed by atoms with Crippen LogP contribution in [0.4, 0.5) is 0 Å². The zero-order valence-electron chi connectivity index (χ0n) is 17.2. The van der Waals surface area contributed by atoms with Crippen molar-refractivity contribution >= 4 is 29.0 Å². The van der Waals surface area contributed by atoms with Gasteiger partial charge in [-0.15, -0.1) is 0 Å². The number of carbonyl (C=O) groups excluding carboxylic acids is 2. The number of Topliss-reactive ketones (excluding diaryl/α,β-unsaturated/α-hetero) is 1. The smallest absolute Gasteiger partial charge is 0.302 e. The van der Waals surface area contributed by atoms with E-state index in [4.69, 9.17) is 26.4 Å². The number of hydrogen-bond acceptors (Lipinski definition) is 7. The zero-order chi connectivity index (χ0) is 21.0. The van der Waals surface area contributed by atoms with Gasteiger partial charge in [-0.3, -0.25) is 9.59 Å². The van der Waals surface area contributed by atoms with Crippen molar-refractivity contribution in [1.29, 1.82) is 0 Å². The molecule has 0 aromatic rings. The lowest BCUT2D eigenvalue weighted by atomic mass is 9.69. The van der Waals surface area contributed by atoms with E-state index in [0.717, 1.165) is 6.42 Å². The highest BCUT2D eigenvalue weighted by Gasteiger charge is 2.44. The summed E-state index contributed by atoms with van der Waals surface area (Å²) < 4.78 is 16.2. The predicted molar refractivity (Wildman–Crippen MR) is 109 cm³/mol. The third-order valence-electron chi connectivity index (χ3n) is 5.57. The lowest BCUT2D eigenvalue weighted by molar-refractivity contribution is -0.148. The van der Waals surface area contributed by atoms with Crippen molar-refractivity contribution < 1.29 is 28.9 Å². The van der Waals surface area contributed by atoms with Gasteiger partial charge in [0, 0.05) is 30.8 Å². The standard InChI is InChI=1S/C21H30O6S/c1-11(2)19(17(27-12(3)22)10-18(28)26-5)14-9-16(25-4)20-13(21(14)24)7-6-8-15(20)23/h9,11,13,17,19-20,24H,6-8,10H2,1-5H3. The third-order valence-corrected chi connectivity index (χ3v) is 5.90. The number of esters is 1. The molecule has 0 aliphatic heterocycles. The monoisotopic (exact) mass is 410 g/mol. The van der Waals surface area contributed by atoms with E-state index in [9.17, 15) is 14.7 Å². The molecule has 28 heavy (non-hydrogen) atoms. The van der Waals surface area contributed by atoms with E-state index in [1.807, 2.05) is 13.8 Å². The number of hydrogen-bond donors (Lipinski definition) is 1. The van der Waals surface area contributed by atoms with Gasteiger partial charge in [0.25, 0.3) is 0 Å². The molecule has 2 rings (SSSR count). The molecule has 2 aliphatic carbocycles. The fraction of sp³-hybridized carbons (Fsp3) is 0.667. The first-order valence-corrected chi connectivity index (χ1v) is 10.1. The number of ketones is 1. The fourth-order valence-corrected chi connectivity index (χ4v) is 4.53. The molecule has 2 aliphatic rings. The molecule has 0 amide bonds. The largest absolute Gasteiger partial charge is 0.512 e. The number of methoxy groups -OCH3 is 2. The van der Waals surface area contributed by atoms with Gasteiger partial charge in [0.2, 0.25) is 0 Å². The minimum Gasteiger partial charge on any atom is -0.512 e. The van der Waals surface area contributed by atoms with Crippen molar-refractivity contribution in [3.8, 4) is 0 Å². The van der Waals surface area contributed by atoms with E-state index in [2.05, 4.69) is 0 Å². The van der Waals surface area contributed by atoms with Crippen LogP contribution < -0.4 is 0 Å². The number of rotatable bonds is 7. The fourth-order valence-electron chi connectivity index (χ4n) is 4.37.